The zero-order valence-corrected chi connectivity index (χ0v) is 17.5. The van der Waals surface area contributed by atoms with Crippen molar-refractivity contribution in [2.24, 2.45) is 10.9 Å². The topological polar surface area (TPSA) is 78.0 Å². The van der Waals surface area contributed by atoms with Crippen LogP contribution < -0.4 is 16.0 Å². The van der Waals surface area contributed by atoms with E-state index in [9.17, 15) is 4.79 Å². The molecule has 1 aliphatic heterocycles. The van der Waals surface area contributed by atoms with Crippen molar-refractivity contribution >= 4 is 17.6 Å². The molecule has 1 fully saturated rings. The third kappa shape index (κ3) is 8.27. The van der Waals surface area contributed by atoms with Crippen molar-refractivity contribution in [2.45, 2.75) is 33.7 Å². The van der Waals surface area contributed by atoms with Crippen LogP contribution in [0.2, 0.25) is 0 Å². The number of hydrogen-bond donors (Lipinski definition) is 3. The standard InChI is InChI=1S/C21H35N5O2/c1-4-22-21(23-10-5-11-26-12-14-28-15-13-26)24-16-18-6-8-19(9-7-18)25-20(27)17(2)3/h6-9,17H,4-5,10-16H2,1-3H3,(H,25,27)(H2,22,23,24). The van der Waals surface area contributed by atoms with Crippen molar-refractivity contribution in [1.29, 1.82) is 0 Å². The van der Waals surface area contributed by atoms with Gasteiger partial charge in [-0.2, -0.15) is 0 Å². The molecule has 1 aromatic rings. The number of nitrogens with one attached hydrogen (secondary N) is 3. The van der Waals surface area contributed by atoms with Crippen molar-refractivity contribution in [2.75, 3.05) is 51.3 Å². The van der Waals surface area contributed by atoms with Gasteiger partial charge in [0.1, 0.15) is 0 Å². The number of rotatable bonds is 9. The molecule has 1 amide bonds. The predicted octanol–water partition coefficient (Wildman–Crippen LogP) is 2.06. The van der Waals surface area contributed by atoms with Gasteiger partial charge >= 0.3 is 0 Å². The highest BCUT2D eigenvalue weighted by atomic mass is 16.5. The first-order chi connectivity index (χ1) is 13.6. The van der Waals surface area contributed by atoms with E-state index in [1.807, 2.05) is 38.1 Å². The molecule has 0 bridgehead atoms. The van der Waals surface area contributed by atoms with Gasteiger partial charge < -0.3 is 20.7 Å². The van der Waals surface area contributed by atoms with E-state index in [2.05, 4.69) is 32.8 Å². The third-order valence-corrected chi connectivity index (χ3v) is 4.56. The Morgan fingerprint density at radius 3 is 2.54 bits per heavy atom. The average molecular weight is 390 g/mol. The number of aliphatic imine (C=N–C) groups is 1. The monoisotopic (exact) mass is 389 g/mol. The number of anilines is 1. The molecule has 0 aromatic heterocycles. The Kier molecular flexibility index (Phi) is 9.79. The molecule has 7 nitrogen and oxygen atoms in total. The van der Waals surface area contributed by atoms with Crippen molar-refractivity contribution in [3.8, 4) is 0 Å². The lowest BCUT2D eigenvalue weighted by Crippen LogP contribution is -2.40. The molecule has 28 heavy (non-hydrogen) atoms. The number of carbonyl (C=O) groups excluding carboxylic acids is 1. The molecule has 1 saturated heterocycles. The Morgan fingerprint density at radius 1 is 1.18 bits per heavy atom. The van der Waals surface area contributed by atoms with Gasteiger partial charge in [0.2, 0.25) is 5.91 Å². The van der Waals surface area contributed by atoms with Gasteiger partial charge in [0.05, 0.1) is 19.8 Å². The van der Waals surface area contributed by atoms with Gasteiger partial charge in [-0.15, -0.1) is 0 Å². The Labute approximate surface area is 168 Å². The van der Waals surface area contributed by atoms with Crippen LogP contribution in [0.15, 0.2) is 29.3 Å². The fraction of sp³-hybridized carbons (Fsp3) is 0.619. The van der Waals surface area contributed by atoms with E-state index in [-0.39, 0.29) is 11.8 Å². The lowest BCUT2D eigenvalue weighted by Gasteiger charge is -2.26. The maximum absolute atomic E-state index is 11.8. The molecule has 0 aliphatic carbocycles. The highest BCUT2D eigenvalue weighted by Crippen LogP contribution is 2.11. The second kappa shape index (κ2) is 12.4. The van der Waals surface area contributed by atoms with Crippen LogP contribution in [0, 0.1) is 5.92 Å². The molecule has 7 heteroatoms. The first-order valence-electron chi connectivity index (χ1n) is 10.3. The van der Waals surface area contributed by atoms with Gasteiger partial charge in [0.15, 0.2) is 5.96 Å². The van der Waals surface area contributed by atoms with Crippen LogP contribution in [-0.2, 0) is 16.1 Å². The highest BCUT2D eigenvalue weighted by molar-refractivity contribution is 5.92. The Bertz CT molecular complexity index is 610. The number of guanidine groups is 1. The normalized spacial score (nSPS) is 15.5. The van der Waals surface area contributed by atoms with Gasteiger partial charge in [-0.25, -0.2) is 4.99 Å². The SMILES string of the molecule is CCNC(=NCc1ccc(NC(=O)C(C)C)cc1)NCCCN1CCOCC1. The average Bonchev–Trinajstić information content (AvgIpc) is 2.71. The molecule has 1 heterocycles. The molecular weight excluding hydrogens is 354 g/mol. The number of benzene rings is 1. The first-order valence-corrected chi connectivity index (χ1v) is 10.3. The van der Waals surface area contributed by atoms with Crippen LogP contribution in [0.3, 0.4) is 0 Å². The van der Waals surface area contributed by atoms with Gasteiger partial charge in [-0.1, -0.05) is 26.0 Å². The van der Waals surface area contributed by atoms with E-state index >= 15 is 0 Å². The summed E-state index contributed by atoms with van der Waals surface area (Å²) >= 11 is 0. The van der Waals surface area contributed by atoms with Crippen LogP contribution in [0.4, 0.5) is 5.69 Å². The molecular formula is C21H35N5O2. The minimum atomic E-state index is -0.0266. The maximum Gasteiger partial charge on any atom is 0.226 e. The van der Waals surface area contributed by atoms with Crippen LogP contribution >= 0.6 is 0 Å². The van der Waals surface area contributed by atoms with E-state index in [4.69, 9.17) is 4.74 Å². The fourth-order valence-electron chi connectivity index (χ4n) is 2.83. The lowest BCUT2D eigenvalue weighted by atomic mass is 10.2. The summed E-state index contributed by atoms with van der Waals surface area (Å²) < 4.78 is 5.38. The van der Waals surface area contributed by atoms with Gasteiger partial charge in [-0.05, 0) is 37.6 Å². The minimum absolute atomic E-state index is 0.0266. The Morgan fingerprint density at radius 2 is 1.89 bits per heavy atom. The second-order valence-electron chi connectivity index (χ2n) is 7.27. The number of ether oxygens (including phenoxy) is 1. The predicted molar refractivity (Wildman–Crippen MR) is 115 cm³/mol. The maximum atomic E-state index is 11.8. The summed E-state index contributed by atoms with van der Waals surface area (Å²) in [6.45, 7) is 13.0. The largest absolute Gasteiger partial charge is 0.379 e. The summed E-state index contributed by atoms with van der Waals surface area (Å²) in [7, 11) is 0. The molecule has 0 saturated carbocycles. The van der Waals surface area contributed by atoms with Crippen molar-refractivity contribution < 1.29 is 9.53 Å². The molecule has 0 radical (unpaired) electrons. The number of amides is 1. The molecule has 0 spiro atoms. The highest BCUT2D eigenvalue weighted by Gasteiger charge is 2.09. The number of hydrogen-bond acceptors (Lipinski definition) is 4. The number of nitrogens with zero attached hydrogens (tertiary/aromatic N) is 2. The number of morpholine rings is 1. The zero-order valence-electron chi connectivity index (χ0n) is 17.5. The van der Waals surface area contributed by atoms with Crippen molar-refractivity contribution in [3.63, 3.8) is 0 Å². The van der Waals surface area contributed by atoms with E-state index in [0.717, 1.165) is 69.6 Å². The summed E-state index contributed by atoms with van der Waals surface area (Å²) in [5.41, 5.74) is 1.92. The van der Waals surface area contributed by atoms with Gasteiger partial charge in [0, 0.05) is 37.8 Å². The van der Waals surface area contributed by atoms with E-state index in [1.165, 1.54) is 0 Å². The molecule has 3 N–H and O–H groups in total. The van der Waals surface area contributed by atoms with E-state index in [1.54, 1.807) is 0 Å². The summed E-state index contributed by atoms with van der Waals surface area (Å²) in [5, 5.41) is 9.60. The molecule has 1 aromatic carbocycles. The smallest absolute Gasteiger partial charge is 0.226 e. The van der Waals surface area contributed by atoms with Crippen LogP contribution in [0.5, 0.6) is 0 Å². The summed E-state index contributed by atoms with van der Waals surface area (Å²) in [6.07, 6.45) is 1.08. The van der Waals surface area contributed by atoms with E-state index < -0.39 is 0 Å². The van der Waals surface area contributed by atoms with Crippen LogP contribution in [-0.4, -0.2) is 62.7 Å². The molecule has 0 unspecified atom stereocenters. The van der Waals surface area contributed by atoms with E-state index in [0.29, 0.717) is 6.54 Å². The third-order valence-electron chi connectivity index (χ3n) is 4.56. The summed E-state index contributed by atoms with van der Waals surface area (Å²) in [4.78, 5) is 18.9. The van der Waals surface area contributed by atoms with Crippen molar-refractivity contribution in [1.82, 2.24) is 15.5 Å². The minimum Gasteiger partial charge on any atom is -0.379 e. The second-order valence-corrected chi connectivity index (χ2v) is 7.27. The molecule has 0 atom stereocenters. The zero-order chi connectivity index (χ0) is 20.2. The van der Waals surface area contributed by atoms with Crippen LogP contribution in [0.25, 0.3) is 0 Å². The first kappa shape index (κ1) is 22.2. The van der Waals surface area contributed by atoms with Gasteiger partial charge in [-0.3, -0.25) is 9.69 Å². The van der Waals surface area contributed by atoms with Gasteiger partial charge in [0.25, 0.3) is 0 Å². The Balaban J connectivity index is 1.76. The van der Waals surface area contributed by atoms with Crippen LogP contribution in [0.1, 0.15) is 32.8 Å². The van der Waals surface area contributed by atoms with Crippen molar-refractivity contribution in [3.05, 3.63) is 29.8 Å². The molecule has 1 aliphatic rings. The Hall–Kier alpha value is -2.12. The number of carbonyl (C=O) groups is 1. The summed E-state index contributed by atoms with van der Waals surface area (Å²) in [6, 6.07) is 7.85. The lowest BCUT2D eigenvalue weighted by molar-refractivity contribution is -0.118. The summed E-state index contributed by atoms with van der Waals surface area (Å²) in [5.74, 6) is 0.837. The molecule has 156 valence electrons. The quantitative estimate of drug-likeness (QED) is 0.342. The molecule has 2 rings (SSSR count). The fourth-order valence-corrected chi connectivity index (χ4v) is 2.83.